The molecule has 0 aliphatic carbocycles. The summed E-state index contributed by atoms with van der Waals surface area (Å²) < 4.78 is 32.4. The monoisotopic (exact) mass is 641 g/mol. The van der Waals surface area contributed by atoms with E-state index in [-0.39, 0.29) is 12.5 Å². The van der Waals surface area contributed by atoms with Crippen molar-refractivity contribution in [1.29, 1.82) is 0 Å². The molecule has 1 aliphatic heterocycles. The number of hydrogen-bond acceptors (Lipinski definition) is 8. The van der Waals surface area contributed by atoms with Crippen LogP contribution in [0.5, 0.6) is 11.5 Å². The maximum Gasteiger partial charge on any atom is 0.330 e. The molecule has 1 unspecified atom stereocenters. The van der Waals surface area contributed by atoms with Crippen molar-refractivity contribution in [3.05, 3.63) is 139 Å². The SMILES string of the molecule is COc1ccc(C(O[C@H](CCCN=[N+]=[N-])[C@H]2O[C@@H](n3ccc(=O)[nH]c3=O)C(OC)[C@H]2C)(c2ccccc2)c2ccc(OC)cc2)cc1. The van der Waals surface area contributed by atoms with E-state index < -0.39 is 41.4 Å². The predicted octanol–water partition coefficient (Wildman–Crippen LogP) is 5.57. The standard InChI is InChI=1S/C35H39N5O7/c1-23-31(46-33(32(23)45-4)40-22-20-30(41)38-34(40)42)29(11-8-21-37-39-36)47-35(24-9-6-5-7-10-24,25-12-16-27(43-2)17-13-25)26-14-18-28(44-3)19-15-26/h5-7,9-10,12-20,22-23,29,31-33H,8,11,21H2,1-4H3,(H,38,41,42)/t23-,29+,31-,32?,33+/m0/s1. The van der Waals surface area contributed by atoms with Crippen LogP contribution in [0.2, 0.25) is 0 Å². The third-order valence-corrected chi connectivity index (χ3v) is 8.69. The molecule has 12 nitrogen and oxygen atoms in total. The lowest BCUT2D eigenvalue weighted by molar-refractivity contribution is -0.140. The summed E-state index contributed by atoms with van der Waals surface area (Å²) in [6, 6.07) is 26.7. The van der Waals surface area contributed by atoms with Crippen molar-refractivity contribution in [2.24, 2.45) is 11.0 Å². The molecular weight excluding hydrogens is 602 g/mol. The summed E-state index contributed by atoms with van der Waals surface area (Å²) >= 11 is 0. The van der Waals surface area contributed by atoms with Gasteiger partial charge in [-0.25, -0.2) is 4.79 Å². The zero-order chi connectivity index (χ0) is 33.4. The molecule has 0 saturated carbocycles. The molecule has 5 atom stereocenters. The Morgan fingerprint density at radius 3 is 2.04 bits per heavy atom. The highest BCUT2D eigenvalue weighted by molar-refractivity contribution is 5.50. The van der Waals surface area contributed by atoms with Crippen LogP contribution in [-0.4, -0.2) is 55.7 Å². The van der Waals surface area contributed by atoms with Gasteiger partial charge in [0.1, 0.15) is 23.2 Å². The molecule has 1 saturated heterocycles. The van der Waals surface area contributed by atoms with Gasteiger partial charge in [-0.2, -0.15) is 0 Å². The highest BCUT2D eigenvalue weighted by Crippen LogP contribution is 2.46. The van der Waals surface area contributed by atoms with Gasteiger partial charge in [0.2, 0.25) is 0 Å². The molecule has 5 rings (SSSR count). The number of rotatable bonds is 14. The summed E-state index contributed by atoms with van der Waals surface area (Å²) in [5.41, 5.74) is 9.29. The molecule has 0 spiro atoms. The third kappa shape index (κ3) is 6.96. The van der Waals surface area contributed by atoms with Crippen molar-refractivity contribution >= 4 is 0 Å². The van der Waals surface area contributed by atoms with Crippen LogP contribution in [0.25, 0.3) is 10.4 Å². The lowest BCUT2D eigenvalue weighted by Crippen LogP contribution is -2.43. The molecule has 1 fully saturated rings. The van der Waals surface area contributed by atoms with Crippen molar-refractivity contribution in [2.75, 3.05) is 27.9 Å². The van der Waals surface area contributed by atoms with Crippen molar-refractivity contribution in [3.8, 4) is 11.5 Å². The molecular formula is C35H39N5O7. The number of nitrogens with one attached hydrogen (secondary N) is 1. The van der Waals surface area contributed by atoms with E-state index in [9.17, 15) is 9.59 Å². The summed E-state index contributed by atoms with van der Waals surface area (Å²) in [5.74, 6) is 1.14. The first-order valence-electron chi connectivity index (χ1n) is 15.4. The van der Waals surface area contributed by atoms with Crippen molar-refractivity contribution in [3.63, 3.8) is 0 Å². The Hall–Kier alpha value is -4.87. The van der Waals surface area contributed by atoms with E-state index in [0.29, 0.717) is 24.3 Å². The number of methoxy groups -OCH3 is 3. The number of H-pyrrole nitrogens is 1. The molecule has 0 bridgehead atoms. The van der Waals surface area contributed by atoms with Crippen LogP contribution in [0.15, 0.2) is 106 Å². The Morgan fingerprint density at radius 1 is 0.915 bits per heavy atom. The van der Waals surface area contributed by atoms with Crippen LogP contribution >= 0.6 is 0 Å². The molecule has 3 aromatic carbocycles. The lowest BCUT2D eigenvalue weighted by Gasteiger charge is -2.41. The second-order valence-corrected chi connectivity index (χ2v) is 11.3. The van der Waals surface area contributed by atoms with Gasteiger partial charge in [0.15, 0.2) is 6.23 Å². The average Bonchev–Trinajstić information content (AvgIpc) is 3.44. The molecule has 0 amide bonds. The van der Waals surface area contributed by atoms with Crippen LogP contribution in [0.4, 0.5) is 0 Å². The largest absolute Gasteiger partial charge is 0.497 e. The normalized spacial score (nSPS) is 19.9. The molecule has 1 N–H and O–H groups in total. The molecule has 0 radical (unpaired) electrons. The van der Waals surface area contributed by atoms with E-state index in [1.807, 2.05) is 85.8 Å². The third-order valence-electron chi connectivity index (χ3n) is 8.69. The average molecular weight is 642 g/mol. The number of hydrogen-bond donors (Lipinski definition) is 1. The first-order valence-corrected chi connectivity index (χ1v) is 15.4. The topological polar surface area (TPSA) is 150 Å². The Morgan fingerprint density at radius 2 is 1.51 bits per heavy atom. The second kappa shape index (κ2) is 15.1. The zero-order valence-electron chi connectivity index (χ0n) is 26.8. The second-order valence-electron chi connectivity index (χ2n) is 11.3. The van der Waals surface area contributed by atoms with Gasteiger partial charge in [0, 0.05) is 36.7 Å². The first kappa shape index (κ1) is 33.5. The van der Waals surface area contributed by atoms with E-state index >= 15 is 0 Å². The minimum absolute atomic E-state index is 0.256. The van der Waals surface area contributed by atoms with Gasteiger partial charge in [0.05, 0.1) is 26.4 Å². The highest BCUT2D eigenvalue weighted by atomic mass is 16.6. The molecule has 246 valence electrons. The van der Waals surface area contributed by atoms with Gasteiger partial charge in [-0.3, -0.25) is 14.3 Å². The van der Waals surface area contributed by atoms with Crippen molar-refractivity contribution in [2.45, 2.75) is 49.9 Å². The van der Waals surface area contributed by atoms with Gasteiger partial charge >= 0.3 is 5.69 Å². The lowest BCUT2D eigenvalue weighted by atomic mass is 9.79. The van der Waals surface area contributed by atoms with E-state index in [2.05, 4.69) is 15.0 Å². The summed E-state index contributed by atoms with van der Waals surface area (Å²) in [4.78, 5) is 30.0. The summed E-state index contributed by atoms with van der Waals surface area (Å²) in [6.07, 6.45) is -0.163. The van der Waals surface area contributed by atoms with Crippen LogP contribution in [0, 0.1) is 5.92 Å². The number of aromatic amines is 1. The van der Waals surface area contributed by atoms with Gasteiger partial charge in [-0.15, -0.1) is 0 Å². The molecule has 1 aliphatic rings. The molecule has 4 aromatic rings. The maximum atomic E-state index is 12.9. The quantitative estimate of drug-likeness (QED) is 0.0622. The minimum Gasteiger partial charge on any atom is -0.497 e. The number of benzene rings is 3. The minimum atomic E-state index is -1.15. The van der Waals surface area contributed by atoms with Gasteiger partial charge < -0.3 is 23.7 Å². The van der Waals surface area contributed by atoms with Gasteiger partial charge in [-0.1, -0.05) is 66.6 Å². The highest BCUT2D eigenvalue weighted by Gasteiger charge is 2.50. The predicted molar refractivity (Wildman–Crippen MR) is 176 cm³/mol. The van der Waals surface area contributed by atoms with Crippen LogP contribution in [-0.2, 0) is 19.8 Å². The van der Waals surface area contributed by atoms with E-state index in [1.165, 1.54) is 16.8 Å². The fourth-order valence-electron chi connectivity index (χ4n) is 6.37. The smallest absolute Gasteiger partial charge is 0.330 e. The van der Waals surface area contributed by atoms with Crippen LogP contribution < -0.4 is 20.7 Å². The Kier molecular flexibility index (Phi) is 10.8. The zero-order valence-corrected chi connectivity index (χ0v) is 26.8. The summed E-state index contributed by atoms with van der Waals surface area (Å²) in [7, 11) is 4.81. The first-order chi connectivity index (χ1) is 22.9. The van der Waals surface area contributed by atoms with Crippen molar-refractivity contribution < 1.29 is 23.7 Å². The van der Waals surface area contributed by atoms with Crippen LogP contribution in [0.3, 0.4) is 0 Å². The molecule has 12 heteroatoms. The van der Waals surface area contributed by atoms with E-state index in [4.69, 9.17) is 29.2 Å². The van der Waals surface area contributed by atoms with Gasteiger partial charge in [0.25, 0.3) is 5.56 Å². The van der Waals surface area contributed by atoms with Gasteiger partial charge in [-0.05, 0) is 59.3 Å². The summed E-state index contributed by atoms with van der Waals surface area (Å²) in [5, 5.41) is 3.76. The number of nitrogens with zero attached hydrogens (tertiary/aromatic N) is 4. The van der Waals surface area contributed by atoms with E-state index in [1.54, 1.807) is 21.3 Å². The van der Waals surface area contributed by atoms with Crippen LogP contribution in [0.1, 0.15) is 42.7 Å². The Labute approximate surface area is 272 Å². The molecule has 1 aromatic heterocycles. The number of ether oxygens (including phenoxy) is 5. The maximum absolute atomic E-state index is 12.9. The molecule has 2 heterocycles. The Balaban J connectivity index is 1.68. The molecule has 47 heavy (non-hydrogen) atoms. The Bertz CT molecular complexity index is 1720. The summed E-state index contributed by atoms with van der Waals surface area (Å²) in [6.45, 7) is 2.25. The van der Waals surface area contributed by atoms with Crippen molar-refractivity contribution in [1.82, 2.24) is 9.55 Å². The van der Waals surface area contributed by atoms with E-state index in [0.717, 1.165) is 16.7 Å². The number of azide groups is 1. The fourth-order valence-corrected chi connectivity index (χ4v) is 6.37. The fraction of sp³-hybridized carbons (Fsp3) is 0.371. The number of aromatic nitrogens is 2.